The van der Waals surface area contributed by atoms with Crippen molar-refractivity contribution in [2.45, 2.75) is 0 Å². The molecule has 1 nitrogen and oxygen atoms in total. The van der Waals surface area contributed by atoms with Crippen molar-refractivity contribution in [2.75, 3.05) is 4.90 Å². The number of thiophene rings is 1. The minimum absolute atomic E-state index is 1.09. The summed E-state index contributed by atoms with van der Waals surface area (Å²) in [5.41, 5.74) is 15.4. The standard InChI is InChI=1S/C58H39NS/c1-2-14-40(15-3-1)44-18-10-19-45(38-44)41-30-34-48(35-31-41)59(56-28-8-6-23-53(56)52-26-12-17-43-16-4-5-22-50(43)52)49-36-32-42(33-37-49)46-20-11-21-47(39-46)51-25-13-27-55-54-24-7-9-29-57(54)60-58(51)55/h1-39H. The number of nitrogens with zero attached hydrogens (tertiary/aromatic N) is 1. The highest BCUT2D eigenvalue weighted by Gasteiger charge is 2.19. The molecule has 10 aromatic carbocycles. The van der Waals surface area contributed by atoms with Crippen molar-refractivity contribution in [1.29, 1.82) is 0 Å². The smallest absolute Gasteiger partial charge is 0.0540 e. The zero-order valence-corrected chi connectivity index (χ0v) is 33.7. The number of hydrogen-bond donors (Lipinski definition) is 0. The van der Waals surface area contributed by atoms with Crippen molar-refractivity contribution < 1.29 is 0 Å². The molecule has 0 saturated heterocycles. The molecule has 1 aromatic heterocycles. The monoisotopic (exact) mass is 781 g/mol. The molecular formula is C58H39NS. The summed E-state index contributed by atoms with van der Waals surface area (Å²) in [6.45, 7) is 0. The molecule has 0 aliphatic rings. The van der Waals surface area contributed by atoms with Crippen LogP contribution in [0.2, 0.25) is 0 Å². The van der Waals surface area contributed by atoms with E-state index in [0.717, 1.165) is 17.1 Å². The minimum Gasteiger partial charge on any atom is -0.310 e. The SMILES string of the molecule is c1ccc(-c2cccc(-c3ccc(N(c4ccc(-c5cccc(-c6cccc7c6sc6ccccc67)c5)cc4)c4ccccc4-c4cccc5ccccc45)cc3)c2)cc1. The Hall–Kier alpha value is -7.52. The number of para-hydroxylation sites is 1. The molecule has 0 amide bonds. The summed E-state index contributed by atoms with van der Waals surface area (Å²) in [4.78, 5) is 2.41. The molecule has 0 fully saturated rings. The van der Waals surface area contributed by atoms with Gasteiger partial charge in [-0.2, -0.15) is 0 Å². The Kier molecular flexibility index (Phi) is 9.11. The van der Waals surface area contributed by atoms with Gasteiger partial charge in [-0.15, -0.1) is 11.3 Å². The first-order chi connectivity index (χ1) is 29.7. The van der Waals surface area contributed by atoms with Gasteiger partial charge < -0.3 is 4.90 Å². The topological polar surface area (TPSA) is 3.24 Å². The van der Waals surface area contributed by atoms with Crippen molar-refractivity contribution >= 4 is 59.3 Å². The largest absolute Gasteiger partial charge is 0.310 e. The van der Waals surface area contributed by atoms with E-state index >= 15 is 0 Å². The summed E-state index contributed by atoms with van der Waals surface area (Å²) in [5.74, 6) is 0. The highest BCUT2D eigenvalue weighted by molar-refractivity contribution is 7.26. The summed E-state index contributed by atoms with van der Waals surface area (Å²) in [7, 11) is 0. The quantitative estimate of drug-likeness (QED) is 0.148. The van der Waals surface area contributed by atoms with Gasteiger partial charge in [0.15, 0.2) is 0 Å². The van der Waals surface area contributed by atoms with Crippen LogP contribution in [0.1, 0.15) is 0 Å². The average molecular weight is 782 g/mol. The van der Waals surface area contributed by atoms with E-state index in [9.17, 15) is 0 Å². The Morgan fingerprint density at radius 3 is 1.48 bits per heavy atom. The van der Waals surface area contributed by atoms with Gasteiger partial charge in [0.05, 0.1) is 5.69 Å². The molecule has 0 bridgehead atoms. The zero-order valence-electron chi connectivity index (χ0n) is 32.9. The third kappa shape index (κ3) is 6.54. The second-order valence-corrected chi connectivity index (χ2v) is 16.3. The lowest BCUT2D eigenvalue weighted by Crippen LogP contribution is -2.11. The Morgan fingerprint density at radius 1 is 0.283 bits per heavy atom. The Morgan fingerprint density at radius 2 is 0.750 bits per heavy atom. The molecule has 0 saturated carbocycles. The van der Waals surface area contributed by atoms with Crippen LogP contribution in [-0.4, -0.2) is 0 Å². The maximum Gasteiger partial charge on any atom is 0.0540 e. The van der Waals surface area contributed by atoms with Crippen molar-refractivity contribution in [3.63, 3.8) is 0 Å². The second kappa shape index (κ2) is 15.3. The van der Waals surface area contributed by atoms with Crippen molar-refractivity contribution in [1.82, 2.24) is 0 Å². The molecule has 0 aliphatic heterocycles. The Bertz CT molecular complexity index is 3300. The predicted molar refractivity (Wildman–Crippen MR) is 259 cm³/mol. The lowest BCUT2D eigenvalue weighted by atomic mass is 9.95. The maximum absolute atomic E-state index is 2.41. The zero-order chi connectivity index (χ0) is 39.8. The highest BCUT2D eigenvalue weighted by atomic mass is 32.1. The number of anilines is 3. The van der Waals surface area contributed by atoms with Crippen LogP contribution in [0.3, 0.4) is 0 Å². The average Bonchev–Trinajstić information content (AvgIpc) is 3.72. The number of hydrogen-bond acceptors (Lipinski definition) is 2. The van der Waals surface area contributed by atoms with Crippen LogP contribution < -0.4 is 4.90 Å². The fourth-order valence-corrected chi connectivity index (χ4v) is 9.98. The van der Waals surface area contributed by atoms with Crippen LogP contribution >= 0.6 is 11.3 Å². The lowest BCUT2D eigenvalue weighted by Gasteiger charge is -2.28. The van der Waals surface area contributed by atoms with Crippen molar-refractivity contribution in [3.8, 4) is 55.6 Å². The van der Waals surface area contributed by atoms with Gasteiger partial charge in [0.25, 0.3) is 0 Å². The fraction of sp³-hybridized carbons (Fsp3) is 0. The lowest BCUT2D eigenvalue weighted by molar-refractivity contribution is 1.28. The van der Waals surface area contributed by atoms with Gasteiger partial charge in [-0.3, -0.25) is 0 Å². The normalized spacial score (nSPS) is 11.3. The molecular weight excluding hydrogens is 743 g/mol. The van der Waals surface area contributed by atoms with Crippen LogP contribution in [0.4, 0.5) is 17.1 Å². The van der Waals surface area contributed by atoms with E-state index in [4.69, 9.17) is 0 Å². The molecule has 2 heteroatoms. The predicted octanol–water partition coefficient (Wildman–Crippen LogP) is 17.0. The van der Waals surface area contributed by atoms with Gasteiger partial charge in [-0.25, -0.2) is 0 Å². The molecule has 0 atom stereocenters. The molecule has 1 heterocycles. The molecule has 0 N–H and O–H groups in total. The molecule has 0 spiro atoms. The Balaban J connectivity index is 0.998. The van der Waals surface area contributed by atoms with Gasteiger partial charge in [-0.05, 0) is 109 Å². The summed E-state index contributed by atoms with van der Waals surface area (Å²) in [5, 5.41) is 5.11. The third-order valence-electron chi connectivity index (χ3n) is 11.7. The van der Waals surface area contributed by atoms with Gasteiger partial charge in [0, 0.05) is 37.1 Å². The summed E-state index contributed by atoms with van der Waals surface area (Å²) in [6.07, 6.45) is 0. The number of rotatable bonds is 8. The first kappa shape index (κ1) is 35.6. The van der Waals surface area contributed by atoms with Crippen LogP contribution in [0.15, 0.2) is 237 Å². The van der Waals surface area contributed by atoms with E-state index in [1.807, 2.05) is 11.3 Å². The molecule has 11 rings (SSSR count). The minimum atomic E-state index is 1.09. The summed E-state index contributed by atoms with van der Waals surface area (Å²) in [6, 6.07) is 86.0. The van der Waals surface area contributed by atoms with E-state index in [1.165, 1.54) is 86.6 Å². The van der Waals surface area contributed by atoms with E-state index in [2.05, 4.69) is 241 Å². The molecule has 0 unspecified atom stereocenters. The number of fused-ring (bicyclic) bond motifs is 4. The van der Waals surface area contributed by atoms with Crippen LogP contribution in [0, 0.1) is 0 Å². The second-order valence-electron chi connectivity index (χ2n) is 15.3. The summed E-state index contributed by atoms with van der Waals surface area (Å²) >= 11 is 1.88. The molecule has 0 aliphatic carbocycles. The molecule has 0 radical (unpaired) electrons. The van der Waals surface area contributed by atoms with Crippen molar-refractivity contribution in [2.24, 2.45) is 0 Å². The first-order valence-electron chi connectivity index (χ1n) is 20.5. The van der Waals surface area contributed by atoms with Crippen LogP contribution in [0.5, 0.6) is 0 Å². The van der Waals surface area contributed by atoms with Gasteiger partial charge in [0.2, 0.25) is 0 Å². The van der Waals surface area contributed by atoms with Gasteiger partial charge in [0.1, 0.15) is 0 Å². The van der Waals surface area contributed by atoms with Crippen LogP contribution in [-0.2, 0) is 0 Å². The van der Waals surface area contributed by atoms with Gasteiger partial charge in [-0.1, -0.05) is 188 Å². The van der Waals surface area contributed by atoms with E-state index in [0.29, 0.717) is 0 Å². The van der Waals surface area contributed by atoms with Crippen LogP contribution in [0.25, 0.3) is 86.6 Å². The number of benzene rings is 10. The fourth-order valence-electron chi connectivity index (χ4n) is 8.74. The van der Waals surface area contributed by atoms with E-state index in [-0.39, 0.29) is 0 Å². The first-order valence-corrected chi connectivity index (χ1v) is 21.3. The van der Waals surface area contributed by atoms with Gasteiger partial charge >= 0.3 is 0 Å². The third-order valence-corrected chi connectivity index (χ3v) is 12.9. The molecule has 11 aromatic rings. The van der Waals surface area contributed by atoms with Crippen molar-refractivity contribution in [3.05, 3.63) is 237 Å². The van der Waals surface area contributed by atoms with E-state index < -0.39 is 0 Å². The Labute approximate surface area is 354 Å². The summed E-state index contributed by atoms with van der Waals surface area (Å²) < 4.78 is 2.66. The van der Waals surface area contributed by atoms with E-state index in [1.54, 1.807) is 0 Å². The highest BCUT2D eigenvalue weighted by Crippen LogP contribution is 2.44. The maximum atomic E-state index is 2.41. The molecule has 282 valence electrons. The molecule has 60 heavy (non-hydrogen) atoms.